The summed E-state index contributed by atoms with van der Waals surface area (Å²) >= 11 is 0. The molecule has 0 spiro atoms. The zero-order valence-electron chi connectivity index (χ0n) is 8.24. The summed E-state index contributed by atoms with van der Waals surface area (Å²) in [4.78, 5) is 11.2. The van der Waals surface area contributed by atoms with Gasteiger partial charge in [-0.1, -0.05) is 0 Å². The van der Waals surface area contributed by atoms with Gasteiger partial charge in [0.25, 0.3) is 0 Å². The number of carbonyl (C=O) groups is 1. The summed E-state index contributed by atoms with van der Waals surface area (Å²) < 4.78 is 9.61. The third-order valence-electron chi connectivity index (χ3n) is 2.15. The molecule has 1 atom stereocenters. The number of primary amides is 1. The maximum atomic E-state index is 11.2. The Morgan fingerprint density at radius 2 is 2.06 bits per heavy atom. The van der Waals surface area contributed by atoms with Crippen molar-refractivity contribution in [2.45, 2.75) is 18.8 Å². The van der Waals surface area contributed by atoms with Gasteiger partial charge in [-0.2, -0.15) is 0 Å². The number of hydrogen-bond acceptors (Lipinski definition) is 7. The topological polar surface area (TPSA) is 121 Å². The number of hydrogen-bond donors (Lipinski definition) is 1. The predicted octanol–water partition coefficient (Wildman–Crippen LogP) is -0.346. The zero-order valence-corrected chi connectivity index (χ0v) is 8.24. The number of nitrogens with zero attached hydrogens (tertiary/aromatic N) is 4. The van der Waals surface area contributed by atoms with Crippen LogP contribution in [0.4, 0.5) is 0 Å². The fourth-order valence-electron chi connectivity index (χ4n) is 1.34. The van der Waals surface area contributed by atoms with E-state index in [9.17, 15) is 4.79 Å². The van der Waals surface area contributed by atoms with Gasteiger partial charge in [-0.15, -0.1) is 10.2 Å². The number of rotatable bonds is 5. The van der Waals surface area contributed by atoms with Crippen LogP contribution in [-0.4, -0.2) is 26.6 Å². The van der Waals surface area contributed by atoms with Crippen molar-refractivity contribution in [3.8, 4) is 0 Å². The maximum absolute atomic E-state index is 11.2. The van der Waals surface area contributed by atoms with Crippen LogP contribution in [0, 0.1) is 0 Å². The maximum Gasteiger partial charge on any atom is 0.228 e. The van der Waals surface area contributed by atoms with Crippen molar-refractivity contribution >= 4 is 5.91 Å². The minimum absolute atomic E-state index is 0.347. The summed E-state index contributed by atoms with van der Waals surface area (Å²) in [7, 11) is 0. The lowest BCUT2D eigenvalue weighted by molar-refractivity contribution is -0.120. The molecule has 2 N–H and O–H groups in total. The number of carbonyl (C=O) groups excluding carboxylic acids is 1. The highest BCUT2D eigenvalue weighted by molar-refractivity contribution is 5.81. The first-order valence-corrected chi connectivity index (χ1v) is 4.60. The first kappa shape index (κ1) is 10.3. The predicted molar refractivity (Wildman–Crippen MR) is 48.9 cm³/mol. The van der Waals surface area contributed by atoms with E-state index in [4.69, 9.17) is 14.8 Å². The van der Waals surface area contributed by atoms with Crippen LogP contribution in [0.15, 0.2) is 21.4 Å². The molecule has 0 aliphatic rings. The fraction of sp³-hybridized carbons (Fsp3) is 0.375. The Morgan fingerprint density at radius 3 is 2.62 bits per heavy atom. The van der Waals surface area contributed by atoms with Gasteiger partial charge in [-0.3, -0.25) is 4.79 Å². The highest BCUT2D eigenvalue weighted by Gasteiger charge is 2.22. The van der Waals surface area contributed by atoms with Crippen LogP contribution in [0.1, 0.15) is 23.9 Å². The average molecular weight is 223 g/mol. The molecular formula is C8H9N5O3. The first-order valence-electron chi connectivity index (χ1n) is 4.60. The molecule has 2 rings (SSSR count). The minimum Gasteiger partial charge on any atom is -0.369 e. The van der Waals surface area contributed by atoms with E-state index in [1.54, 1.807) is 0 Å². The first-order chi connectivity index (χ1) is 7.77. The van der Waals surface area contributed by atoms with Gasteiger partial charge in [0.1, 0.15) is 5.92 Å². The lowest BCUT2D eigenvalue weighted by atomic mass is 9.99. The van der Waals surface area contributed by atoms with Crippen molar-refractivity contribution in [3.63, 3.8) is 0 Å². The number of aryl methyl sites for hydroxylation is 1. The van der Waals surface area contributed by atoms with Crippen molar-refractivity contribution in [1.29, 1.82) is 0 Å². The Hall–Kier alpha value is -2.25. The van der Waals surface area contributed by atoms with Crippen LogP contribution >= 0.6 is 0 Å². The van der Waals surface area contributed by atoms with E-state index in [1.807, 2.05) is 0 Å². The molecular weight excluding hydrogens is 214 g/mol. The molecule has 8 nitrogen and oxygen atoms in total. The summed E-state index contributed by atoms with van der Waals surface area (Å²) in [6.07, 6.45) is 3.77. The van der Waals surface area contributed by atoms with Crippen LogP contribution in [0.2, 0.25) is 0 Å². The van der Waals surface area contributed by atoms with Crippen molar-refractivity contribution in [2.24, 2.45) is 5.73 Å². The lowest BCUT2D eigenvalue weighted by Crippen LogP contribution is -2.21. The number of amides is 1. The number of nitrogens with two attached hydrogens (primary N) is 1. The Kier molecular flexibility index (Phi) is 2.90. The van der Waals surface area contributed by atoms with E-state index < -0.39 is 11.8 Å². The Labute approximate surface area is 89.8 Å². The van der Waals surface area contributed by atoms with Crippen molar-refractivity contribution in [2.75, 3.05) is 0 Å². The zero-order chi connectivity index (χ0) is 11.4. The monoisotopic (exact) mass is 223 g/mol. The molecule has 8 heteroatoms. The molecule has 16 heavy (non-hydrogen) atoms. The summed E-state index contributed by atoms with van der Waals surface area (Å²) in [6, 6.07) is 0. The highest BCUT2D eigenvalue weighted by atomic mass is 16.5. The van der Waals surface area contributed by atoms with Crippen LogP contribution in [0.5, 0.6) is 0 Å². The second kappa shape index (κ2) is 4.51. The molecule has 2 heterocycles. The molecule has 1 amide bonds. The van der Waals surface area contributed by atoms with E-state index in [1.165, 1.54) is 12.4 Å². The second-order valence-electron chi connectivity index (χ2n) is 3.20. The molecule has 0 aliphatic heterocycles. The lowest BCUT2D eigenvalue weighted by Gasteiger charge is -2.06. The van der Waals surface area contributed by atoms with Crippen molar-refractivity contribution < 1.29 is 13.8 Å². The van der Waals surface area contributed by atoms with Gasteiger partial charge in [-0.25, -0.2) is 0 Å². The van der Waals surface area contributed by atoms with Gasteiger partial charge in [0, 0.05) is 17.0 Å². The van der Waals surface area contributed by atoms with Crippen LogP contribution in [0.25, 0.3) is 0 Å². The molecule has 2 aromatic rings. The average Bonchev–Trinajstić information content (AvgIpc) is 2.88. The molecule has 0 saturated heterocycles. The van der Waals surface area contributed by atoms with Gasteiger partial charge in [0.2, 0.25) is 5.91 Å². The van der Waals surface area contributed by atoms with Crippen LogP contribution < -0.4 is 5.73 Å². The molecule has 0 aliphatic carbocycles. The number of aromatic nitrogens is 4. The van der Waals surface area contributed by atoms with Gasteiger partial charge in [0.15, 0.2) is 11.5 Å². The van der Waals surface area contributed by atoms with Gasteiger partial charge < -0.3 is 14.8 Å². The summed E-state index contributed by atoms with van der Waals surface area (Å²) in [5.41, 5.74) is 5.25. The molecule has 0 aromatic carbocycles. The van der Waals surface area contributed by atoms with E-state index in [0.29, 0.717) is 24.4 Å². The quantitative estimate of drug-likeness (QED) is 0.735. The third-order valence-corrected chi connectivity index (χ3v) is 2.15. The van der Waals surface area contributed by atoms with E-state index in [0.717, 1.165) is 0 Å². The van der Waals surface area contributed by atoms with Gasteiger partial charge >= 0.3 is 0 Å². The van der Waals surface area contributed by atoms with Crippen molar-refractivity contribution in [1.82, 2.24) is 20.7 Å². The molecule has 84 valence electrons. The fourth-order valence-corrected chi connectivity index (χ4v) is 1.34. The van der Waals surface area contributed by atoms with Crippen LogP contribution in [-0.2, 0) is 11.2 Å². The normalized spacial score (nSPS) is 12.5. The third kappa shape index (κ3) is 2.22. The summed E-state index contributed by atoms with van der Waals surface area (Å²) in [6.45, 7) is 0. The van der Waals surface area contributed by atoms with E-state index >= 15 is 0 Å². The second-order valence-corrected chi connectivity index (χ2v) is 3.20. The van der Waals surface area contributed by atoms with E-state index in [2.05, 4.69) is 20.7 Å². The van der Waals surface area contributed by atoms with Gasteiger partial charge in [0.05, 0.1) is 12.4 Å². The SMILES string of the molecule is NC(=O)C(CCc1cnno1)c1cnno1. The Morgan fingerprint density at radius 1 is 1.31 bits per heavy atom. The van der Waals surface area contributed by atoms with E-state index in [-0.39, 0.29) is 0 Å². The molecule has 0 saturated carbocycles. The highest BCUT2D eigenvalue weighted by Crippen LogP contribution is 2.19. The van der Waals surface area contributed by atoms with Crippen molar-refractivity contribution in [3.05, 3.63) is 23.9 Å². The molecule has 0 radical (unpaired) electrons. The molecule has 2 aromatic heterocycles. The van der Waals surface area contributed by atoms with Gasteiger partial charge in [-0.05, 0) is 6.42 Å². The molecule has 0 bridgehead atoms. The molecule has 1 unspecified atom stereocenters. The summed E-state index contributed by atoms with van der Waals surface area (Å²) in [5, 5.41) is 13.6. The standard InChI is InChI=1S/C8H9N5O3/c9-8(14)6(7-4-11-13-16-7)2-1-5-3-10-12-15-5/h3-4,6H,1-2H2,(H2,9,14). The largest absolute Gasteiger partial charge is 0.369 e. The Bertz CT molecular complexity index is 438. The summed E-state index contributed by atoms with van der Waals surface area (Å²) in [5.74, 6) is -0.134. The molecule has 0 fully saturated rings. The minimum atomic E-state index is -0.569. The van der Waals surface area contributed by atoms with Crippen LogP contribution in [0.3, 0.4) is 0 Å². The smallest absolute Gasteiger partial charge is 0.228 e. The Balaban J connectivity index is 2.02.